The van der Waals surface area contributed by atoms with Gasteiger partial charge in [-0.3, -0.25) is 4.72 Å². The first-order valence-corrected chi connectivity index (χ1v) is 14.0. The van der Waals surface area contributed by atoms with Gasteiger partial charge in [-0.05, 0) is 80.3 Å². The van der Waals surface area contributed by atoms with Crippen LogP contribution in [0.25, 0.3) is 16.8 Å². The lowest BCUT2D eigenvalue weighted by molar-refractivity contribution is 0.209. The Morgan fingerprint density at radius 2 is 1.91 bits per heavy atom. The Morgan fingerprint density at radius 1 is 1.11 bits per heavy atom. The van der Waals surface area contributed by atoms with Crippen LogP contribution in [0.4, 0.5) is 10.2 Å². The van der Waals surface area contributed by atoms with E-state index in [1.165, 1.54) is 6.07 Å². The summed E-state index contributed by atoms with van der Waals surface area (Å²) >= 11 is 0. The summed E-state index contributed by atoms with van der Waals surface area (Å²) in [6.07, 6.45) is 6.69. The van der Waals surface area contributed by atoms with Gasteiger partial charge in [0.2, 0.25) is 10.0 Å². The summed E-state index contributed by atoms with van der Waals surface area (Å²) in [6.45, 7) is 1.80. The van der Waals surface area contributed by atoms with Crippen molar-refractivity contribution < 1.29 is 17.5 Å². The van der Waals surface area contributed by atoms with Crippen LogP contribution in [-0.4, -0.2) is 36.6 Å². The van der Waals surface area contributed by atoms with Crippen molar-refractivity contribution in [3.8, 4) is 22.6 Å². The largest absolute Gasteiger partial charge is 0.490 e. The highest BCUT2D eigenvalue weighted by molar-refractivity contribution is 7.92. The lowest BCUT2D eigenvalue weighted by Crippen LogP contribution is -2.19. The van der Waals surface area contributed by atoms with Crippen LogP contribution in [0.1, 0.15) is 55.7 Å². The maximum absolute atomic E-state index is 15.1. The van der Waals surface area contributed by atoms with Gasteiger partial charge in [0.1, 0.15) is 23.5 Å². The predicted octanol–water partition coefficient (Wildman–Crippen LogP) is 4.88. The number of halogens is 1. The molecule has 2 atom stereocenters. The molecule has 1 heterocycles. The number of nitrogens with one attached hydrogen (secondary N) is 1. The molecule has 0 amide bonds. The molecule has 5 rings (SSSR count). The van der Waals surface area contributed by atoms with Gasteiger partial charge in [0.15, 0.2) is 0 Å². The van der Waals surface area contributed by atoms with Crippen molar-refractivity contribution in [2.45, 2.75) is 63.5 Å². The third-order valence-corrected chi connectivity index (χ3v) is 7.48. The van der Waals surface area contributed by atoms with Crippen LogP contribution in [0, 0.1) is 12.7 Å². The monoisotopic (exact) mass is 498 g/mol. The number of sulfonamides is 1. The molecule has 9 heteroatoms. The van der Waals surface area contributed by atoms with Crippen molar-refractivity contribution in [3.63, 3.8) is 0 Å². The summed E-state index contributed by atoms with van der Waals surface area (Å²) in [5, 5.41) is 4.50. The highest BCUT2D eigenvalue weighted by Gasteiger charge is 2.29. The van der Waals surface area contributed by atoms with Gasteiger partial charge in [-0.2, -0.15) is 5.10 Å². The van der Waals surface area contributed by atoms with E-state index in [9.17, 15) is 8.42 Å². The van der Waals surface area contributed by atoms with Crippen molar-refractivity contribution in [2.75, 3.05) is 11.0 Å². The van der Waals surface area contributed by atoms with Gasteiger partial charge >= 0.3 is 0 Å². The van der Waals surface area contributed by atoms with Crippen LogP contribution in [0.5, 0.6) is 5.75 Å². The number of hydrogen-bond donors (Lipinski definition) is 2. The number of aromatic nitrogens is 2. The lowest BCUT2D eigenvalue weighted by atomic mass is 9.77. The number of rotatable bonds is 7. The van der Waals surface area contributed by atoms with E-state index in [1.54, 1.807) is 23.7 Å². The minimum atomic E-state index is -3.50. The van der Waals surface area contributed by atoms with Gasteiger partial charge in [-0.25, -0.2) is 17.5 Å². The number of benzene rings is 2. The summed E-state index contributed by atoms with van der Waals surface area (Å²) in [5.74, 6) is 0.975. The molecule has 3 N–H and O–H groups in total. The second-order valence-electron chi connectivity index (χ2n) is 9.78. The van der Waals surface area contributed by atoms with E-state index in [2.05, 4.69) is 9.82 Å². The molecule has 0 spiro atoms. The molecule has 186 valence electrons. The molecule has 35 heavy (non-hydrogen) atoms. The van der Waals surface area contributed by atoms with Gasteiger partial charge in [0, 0.05) is 17.7 Å². The fourth-order valence-corrected chi connectivity index (χ4v) is 5.59. The Balaban J connectivity index is 1.64. The first kappa shape index (κ1) is 23.8. The van der Waals surface area contributed by atoms with Crippen molar-refractivity contribution in [1.29, 1.82) is 0 Å². The Labute approximate surface area is 205 Å². The fourth-order valence-electron chi connectivity index (χ4n) is 5.07. The molecule has 2 aliphatic rings. The number of aryl methyl sites for hydroxylation is 1. The van der Waals surface area contributed by atoms with Crippen LogP contribution < -0.4 is 15.2 Å². The summed E-state index contributed by atoms with van der Waals surface area (Å²) in [5.41, 5.74) is 9.71. The van der Waals surface area contributed by atoms with Crippen LogP contribution in [-0.2, 0) is 10.0 Å². The zero-order valence-corrected chi connectivity index (χ0v) is 20.8. The molecule has 3 aromatic rings. The van der Waals surface area contributed by atoms with Crippen LogP contribution in [0.3, 0.4) is 0 Å². The van der Waals surface area contributed by atoms with Gasteiger partial charge in [-0.15, -0.1) is 0 Å². The molecule has 7 nitrogen and oxygen atoms in total. The van der Waals surface area contributed by atoms with E-state index in [4.69, 9.17) is 10.5 Å². The van der Waals surface area contributed by atoms with Crippen LogP contribution in [0.2, 0.25) is 0 Å². The molecule has 0 unspecified atom stereocenters. The zero-order chi connectivity index (χ0) is 24.7. The SMILES string of the molecule is Cc1cc(NS(C)(=O)=O)n(-c2ccc(O[C@@H]3CC[C@@H](N)C3)c(-c3cccc(F)c3C3CCC3)c2)n1. The highest BCUT2D eigenvalue weighted by atomic mass is 32.2. The van der Waals surface area contributed by atoms with Crippen LogP contribution in [0.15, 0.2) is 42.5 Å². The fraction of sp³-hybridized carbons (Fsp3) is 0.423. The number of nitrogens with two attached hydrogens (primary N) is 1. The van der Waals surface area contributed by atoms with Gasteiger partial charge in [0.05, 0.1) is 17.6 Å². The van der Waals surface area contributed by atoms with Gasteiger partial charge in [0.25, 0.3) is 0 Å². The highest BCUT2D eigenvalue weighted by Crippen LogP contribution is 2.45. The van der Waals surface area contributed by atoms with Crippen molar-refractivity contribution in [3.05, 3.63) is 59.5 Å². The van der Waals surface area contributed by atoms with E-state index < -0.39 is 10.0 Å². The second-order valence-corrected chi connectivity index (χ2v) is 11.5. The molecule has 1 aromatic heterocycles. The molecule has 2 aromatic carbocycles. The predicted molar refractivity (Wildman–Crippen MR) is 135 cm³/mol. The second kappa shape index (κ2) is 9.28. The quantitative estimate of drug-likeness (QED) is 0.484. The molecular weight excluding hydrogens is 467 g/mol. The Kier molecular flexibility index (Phi) is 6.31. The van der Waals surface area contributed by atoms with Crippen molar-refractivity contribution in [1.82, 2.24) is 9.78 Å². The number of ether oxygens (including phenoxy) is 1. The minimum Gasteiger partial charge on any atom is -0.490 e. The normalized spacial score (nSPS) is 20.6. The molecular formula is C26H31FN4O3S. The van der Waals surface area contributed by atoms with Crippen molar-refractivity contribution in [2.24, 2.45) is 5.73 Å². The third-order valence-electron chi connectivity index (χ3n) is 6.90. The van der Waals surface area contributed by atoms with Crippen molar-refractivity contribution >= 4 is 15.8 Å². The molecule has 0 radical (unpaired) electrons. The first-order chi connectivity index (χ1) is 16.7. The zero-order valence-electron chi connectivity index (χ0n) is 20.0. The maximum atomic E-state index is 15.1. The Morgan fingerprint density at radius 3 is 2.57 bits per heavy atom. The van der Waals surface area contributed by atoms with E-state index in [1.807, 2.05) is 24.3 Å². The van der Waals surface area contributed by atoms with Crippen LogP contribution >= 0.6 is 0 Å². The maximum Gasteiger partial charge on any atom is 0.230 e. The average Bonchev–Trinajstić information content (AvgIpc) is 3.32. The Hall–Kier alpha value is -2.91. The van der Waals surface area contributed by atoms with E-state index in [-0.39, 0.29) is 23.9 Å². The summed E-state index contributed by atoms with van der Waals surface area (Å²) in [4.78, 5) is 0. The third kappa shape index (κ3) is 5.06. The lowest BCUT2D eigenvalue weighted by Gasteiger charge is -2.29. The molecule has 2 saturated carbocycles. The van der Waals surface area contributed by atoms with E-state index in [0.29, 0.717) is 22.9 Å². The van der Waals surface area contributed by atoms with Gasteiger partial charge in [-0.1, -0.05) is 18.6 Å². The smallest absolute Gasteiger partial charge is 0.230 e. The molecule has 0 saturated heterocycles. The minimum absolute atomic E-state index is 0.00437. The molecule has 0 bridgehead atoms. The molecule has 2 fully saturated rings. The molecule has 0 aliphatic heterocycles. The number of anilines is 1. The van der Waals surface area contributed by atoms with E-state index in [0.717, 1.165) is 61.5 Å². The topological polar surface area (TPSA) is 99.2 Å². The standard InChI is InChI=1S/C26H31FN4O3S/c1-16-13-25(30-35(2,32)33)31(29-16)19-10-12-24(34-20-11-9-18(28)14-20)22(15-19)21-7-4-8-23(27)26(21)17-5-3-6-17/h4,7-8,10,12-13,15,17-18,20,30H,3,5-6,9,11,14,28H2,1-2H3/t18-,20-/m1/s1. The Bertz CT molecular complexity index is 1350. The first-order valence-electron chi connectivity index (χ1n) is 12.1. The summed E-state index contributed by atoms with van der Waals surface area (Å²) in [6, 6.07) is 12.6. The van der Waals surface area contributed by atoms with E-state index >= 15 is 4.39 Å². The average molecular weight is 499 g/mol. The number of nitrogens with zero attached hydrogens (tertiary/aromatic N) is 2. The number of hydrogen-bond acceptors (Lipinski definition) is 5. The molecule has 2 aliphatic carbocycles. The summed E-state index contributed by atoms with van der Waals surface area (Å²) < 4.78 is 49.5. The van der Waals surface area contributed by atoms with Gasteiger partial charge < -0.3 is 10.5 Å². The summed E-state index contributed by atoms with van der Waals surface area (Å²) in [7, 11) is -3.50.